The zero-order chi connectivity index (χ0) is 41.7. The molecule has 334 valence electrons. The molecule has 0 spiro atoms. The minimum absolute atomic E-state index is 0.333. The highest BCUT2D eigenvalue weighted by molar-refractivity contribution is 5.45. The summed E-state index contributed by atoms with van der Waals surface area (Å²) in [7, 11) is 0. The fourth-order valence-electron chi connectivity index (χ4n) is 8.04. The maximum Gasteiger partial charge on any atom is 0.207 e. The summed E-state index contributed by atoms with van der Waals surface area (Å²) >= 11 is 0. The Balaban J connectivity index is 4.44. The van der Waals surface area contributed by atoms with Crippen molar-refractivity contribution in [3.63, 3.8) is 0 Å². The van der Waals surface area contributed by atoms with Crippen LogP contribution in [0.15, 0.2) is 36.1 Å². The van der Waals surface area contributed by atoms with E-state index in [0.29, 0.717) is 6.10 Å². The molecule has 0 aliphatic carbocycles. The quantitative estimate of drug-likeness (QED) is 0.0288. The predicted molar refractivity (Wildman–Crippen MR) is 250 cm³/mol. The maximum atomic E-state index is 10.8. The lowest BCUT2D eigenvalue weighted by atomic mass is 9.93. The van der Waals surface area contributed by atoms with Crippen molar-refractivity contribution in [2.45, 2.75) is 252 Å². The molecule has 5 heteroatoms. The number of ether oxygens (including phenoxy) is 2. The Labute approximate surface area is 356 Å². The predicted octanol–water partition coefficient (Wildman–Crippen LogP) is 15.7. The van der Waals surface area contributed by atoms with Crippen LogP contribution >= 0.6 is 0 Å². The Hall–Kier alpha value is -1.93. The number of nitrogens with zero attached hydrogens (tertiary/aromatic N) is 1. The third kappa shape index (κ3) is 38.1. The summed E-state index contributed by atoms with van der Waals surface area (Å²) in [5.74, 6) is 2.77. The summed E-state index contributed by atoms with van der Waals surface area (Å²) in [6.45, 7) is 22.0. The Morgan fingerprint density at radius 3 is 1.46 bits per heavy atom. The van der Waals surface area contributed by atoms with Crippen LogP contribution < -0.4 is 5.32 Å². The molecule has 5 nitrogen and oxygen atoms in total. The largest absolute Gasteiger partial charge is 0.490 e. The molecular formula is C52H98N2O3. The number of amides is 1. The molecule has 0 atom stereocenters. The number of hydrogen-bond donors (Lipinski definition) is 1. The molecule has 0 aromatic carbocycles. The molecule has 0 fully saturated rings. The van der Waals surface area contributed by atoms with Crippen LogP contribution in [0.3, 0.4) is 0 Å². The first-order chi connectivity index (χ1) is 28.1. The van der Waals surface area contributed by atoms with E-state index >= 15 is 0 Å². The van der Waals surface area contributed by atoms with Crippen LogP contribution in [-0.4, -0.2) is 50.2 Å². The molecule has 0 heterocycles. The lowest BCUT2D eigenvalue weighted by Crippen LogP contribution is -2.29. The van der Waals surface area contributed by atoms with Gasteiger partial charge in [0, 0.05) is 19.4 Å². The van der Waals surface area contributed by atoms with Gasteiger partial charge < -0.3 is 19.7 Å². The average Bonchev–Trinajstić information content (AvgIpc) is 3.22. The van der Waals surface area contributed by atoms with Crippen molar-refractivity contribution < 1.29 is 14.3 Å². The van der Waals surface area contributed by atoms with Crippen LogP contribution in [0.5, 0.6) is 0 Å². The van der Waals surface area contributed by atoms with Gasteiger partial charge in [0.25, 0.3) is 0 Å². The van der Waals surface area contributed by atoms with Crippen molar-refractivity contribution in [2.24, 2.45) is 5.92 Å². The molecule has 0 aromatic heterocycles. The number of allylic oxidation sites excluding steroid dienone is 2. The molecular weight excluding hydrogens is 701 g/mol. The molecule has 0 unspecified atom stereocenters. The SMILES string of the molecule is C=C=C(CCCCCCCN(CCCCCCCC(=C=C)OC(CCCCCCCC)CCCCCCCC)CCCNC=O)OCCC(CCCC)CCCC. The van der Waals surface area contributed by atoms with Gasteiger partial charge in [-0.3, -0.25) is 4.79 Å². The molecule has 1 amide bonds. The summed E-state index contributed by atoms with van der Waals surface area (Å²) in [4.78, 5) is 13.4. The van der Waals surface area contributed by atoms with Crippen LogP contribution in [0.4, 0.5) is 0 Å². The van der Waals surface area contributed by atoms with E-state index < -0.39 is 0 Å². The number of nitrogens with one attached hydrogen (secondary N) is 1. The second kappa shape index (κ2) is 45.2. The molecule has 0 aliphatic rings. The number of hydrogen-bond acceptors (Lipinski definition) is 4. The van der Waals surface area contributed by atoms with Crippen LogP contribution in [-0.2, 0) is 14.3 Å². The van der Waals surface area contributed by atoms with Crippen molar-refractivity contribution in [1.82, 2.24) is 10.2 Å². The third-order valence-corrected chi connectivity index (χ3v) is 11.8. The summed E-state index contributed by atoms with van der Waals surface area (Å²) in [6, 6.07) is 0. The second-order valence-electron chi connectivity index (χ2n) is 17.1. The minimum Gasteiger partial charge on any atom is -0.490 e. The van der Waals surface area contributed by atoms with E-state index in [1.807, 2.05) is 0 Å². The zero-order valence-electron chi connectivity index (χ0n) is 38.9. The van der Waals surface area contributed by atoms with Crippen LogP contribution in [0, 0.1) is 5.92 Å². The molecule has 0 saturated carbocycles. The third-order valence-electron chi connectivity index (χ3n) is 11.8. The lowest BCUT2D eigenvalue weighted by molar-refractivity contribution is -0.109. The fourth-order valence-corrected chi connectivity index (χ4v) is 8.04. The fraction of sp³-hybridized carbons (Fsp3) is 0.865. The Morgan fingerprint density at radius 2 is 0.965 bits per heavy atom. The van der Waals surface area contributed by atoms with Gasteiger partial charge in [-0.15, -0.1) is 0 Å². The smallest absolute Gasteiger partial charge is 0.207 e. The first kappa shape index (κ1) is 55.1. The van der Waals surface area contributed by atoms with Crippen LogP contribution in [0.1, 0.15) is 246 Å². The number of rotatable bonds is 47. The monoisotopic (exact) mass is 799 g/mol. The molecule has 0 rings (SSSR count). The van der Waals surface area contributed by atoms with Gasteiger partial charge >= 0.3 is 0 Å². The van der Waals surface area contributed by atoms with E-state index in [2.05, 4.69) is 62.5 Å². The Morgan fingerprint density at radius 1 is 0.526 bits per heavy atom. The first-order valence-corrected chi connectivity index (χ1v) is 25.0. The van der Waals surface area contributed by atoms with Crippen molar-refractivity contribution in [3.8, 4) is 0 Å². The molecule has 1 N–H and O–H groups in total. The molecule has 0 saturated heterocycles. The van der Waals surface area contributed by atoms with E-state index in [-0.39, 0.29) is 0 Å². The van der Waals surface area contributed by atoms with E-state index in [4.69, 9.17) is 9.47 Å². The van der Waals surface area contributed by atoms with Gasteiger partial charge in [-0.1, -0.05) is 194 Å². The normalized spacial score (nSPS) is 11.3. The van der Waals surface area contributed by atoms with E-state index in [1.54, 1.807) is 0 Å². The van der Waals surface area contributed by atoms with Gasteiger partial charge in [0.1, 0.15) is 11.5 Å². The zero-order valence-corrected chi connectivity index (χ0v) is 38.9. The maximum absolute atomic E-state index is 10.8. The van der Waals surface area contributed by atoms with Gasteiger partial charge in [0.2, 0.25) is 6.41 Å². The van der Waals surface area contributed by atoms with Crippen molar-refractivity contribution in [1.29, 1.82) is 0 Å². The molecule has 0 radical (unpaired) electrons. The number of carbonyl (C=O) groups excluding carboxylic acids is 1. The highest BCUT2D eigenvalue weighted by atomic mass is 16.5. The standard InChI is InChI=1S/C52H98N2O3/c1-7-13-17-19-23-31-40-52(41-32-24-20-18-14-8-2)57-51(12-6)39-30-26-22-28-34-45-54(46-35-43-53-48-55)44-33-27-21-25-29-38-50(11-5)56-47-42-49(36-15-9-3)37-16-10-4/h48-49,52H,5-10,13-47H2,1-4H3,(H,53,55). The minimum atomic E-state index is 0.333. The van der Waals surface area contributed by atoms with Gasteiger partial charge in [-0.05, 0) is 89.8 Å². The lowest BCUT2D eigenvalue weighted by Gasteiger charge is -2.22. The van der Waals surface area contributed by atoms with Gasteiger partial charge in [0.05, 0.1) is 12.7 Å². The summed E-state index contributed by atoms with van der Waals surface area (Å²) in [5, 5.41) is 2.85. The molecule has 57 heavy (non-hydrogen) atoms. The van der Waals surface area contributed by atoms with E-state index in [9.17, 15) is 4.79 Å². The van der Waals surface area contributed by atoms with Crippen molar-refractivity contribution in [3.05, 3.63) is 36.1 Å². The number of carbonyl (C=O) groups is 1. The Kier molecular flexibility index (Phi) is 43.6. The van der Waals surface area contributed by atoms with Gasteiger partial charge in [0.15, 0.2) is 0 Å². The molecule has 0 bridgehead atoms. The number of unbranched alkanes of at least 4 members (excludes halogenated alkanes) is 20. The summed E-state index contributed by atoms with van der Waals surface area (Å²) in [6.07, 6.45) is 44.0. The highest BCUT2D eigenvalue weighted by Gasteiger charge is 2.13. The van der Waals surface area contributed by atoms with Crippen LogP contribution in [0.25, 0.3) is 0 Å². The average molecular weight is 799 g/mol. The van der Waals surface area contributed by atoms with Crippen LogP contribution in [0.2, 0.25) is 0 Å². The van der Waals surface area contributed by atoms with Crippen molar-refractivity contribution >= 4 is 6.41 Å². The van der Waals surface area contributed by atoms with Gasteiger partial charge in [-0.25, -0.2) is 0 Å². The van der Waals surface area contributed by atoms with E-state index in [0.717, 1.165) is 95.2 Å². The summed E-state index contributed by atoms with van der Waals surface area (Å²) < 4.78 is 12.7. The second-order valence-corrected chi connectivity index (χ2v) is 17.1. The highest BCUT2D eigenvalue weighted by Crippen LogP contribution is 2.23. The summed E-state index contributed by atoms with van der Waals surface area (Å²) in [5.41, 5.74) is 6.26. The van der Waals surface area contributed by atoms with Gasteiger partial charge in [-0.2, -0.15) is 0 Å². The topological polar surface area (TPSA) is 50.8 Å². The molecule has 0 aliphatic heterocycles. The van der Waals surface area contributed by atoms with E-state index in [1.165, 1.54) is 180 Å². The Bertz CT molecular complexity index is 929. The van der Waals surface area contributed by atoms with Crippen molar-refractivity contribution in [2.75, 3.05) is 32.8 Å². The first-order valence-electron chi connectivity index (χ1n) is 25.0. The molecule has 0 aromatic rings.